The first kappa shape index (κ1) is 22.3. The van der Waals surface area contributed by atoms with E-state index in [4.69, 9.17) is 9.72 Å². The monoisotopic (exact) mass is 448 g/mol. The van der Waals surface area contributed by atoms with E-state index in [1.807, 2.05) is 49.1 Å². The van der Waals surface area contributed by atoms with Crippen molar-refractivity contribution in [2.45, 2.75) is 19.4 Å². The molecule has 0 aliphatic carbocycles. The Balaban J connectivity index is 1.43. The summed E-state index contributed by atoms with van der Waals surface area (Å²) in [5, 5.41) is 2.87. The molecule has 1 aliphatic rings. The summed E-state index contributed by atoms with van der Waals surface area (Å²) in [5.41, 5.74) is 1.09. The van der Waals surface area contributed by atoms with E-state index >= 15 is 0 Å². The third kappa shape index (κ3) is 4.82. The van der Waals surface area contributed by atoms with Gasteiger partial charge in [-0.15, -0.1) is 0 Å². The lowest BCUT2D eigenvalue weighted by molar-refractivity contribution is -0.131. The lowest BCUT2D eigenvalue weighted by Gasteiger charge is -2.47. The van der Waals surface area contributed by atoms with Crippen molar-refractivity contribution in [3.63, 3.8) is 0 Å². The van der Waals surface area contributed by atoms with Crippen LogP contribution >= 0.6 is 0 Å². The summed E-state index contributed by atoms with van der Waals surface area (Å²) in [6, 6.07) is 9.45. The fraction of sp³-hybridized carbons (Fsp3) is 0.333. The van der Waals surface area contributed by atoms with Crippen molar-refractivity contribution in [3.8, 4) is 5.75 Å². The molecule has 1 fully saturated rings. The number of nitrogens with one attached hydrogen (secondary N) is 2. The summed E-state index contributed by atoms with van der Waals surface area (Å²) in [7, 11) is 0. The number of carbonyl (C=O) groups is 2. The van der Waals surface area contributed by atoms with Gasteiger partial charge < -0.3 is 24.8 Å². The zero-order valence-corrected chi connectivity index (χ0v) is 18.9. The molecule has 1 saturated heterocycles. The van der Waals surface area contributed by atoms with Crippen molar-refractivity contribution in [1.82, 2.24) is 25.2 Å². The minimum absolute atomic E-state index is 0.0815. The van der Waals surface area contributed by atoms with Crippen LogP contribution in [0, 0.1) is 0 Å². The number of nitrogens with zero attached hydrogens (tertiary/aromatic N) is 4. The van der Waals surface area contributed by atoms with Gasteiger partial charge in [-0.05, 0) is 32.1 Å². The molecule has 0 radical (unpaired) electrons. The normalized spacial score (nSPS) is 15.3. The molecule has 172 valence electrons. The number of hydrogen-bond acceptors (Lipinski definition) is 6. The third-order valence-electron chi connectivity index (χ3n) is 5.68. The standard InChI is InChI=1S/C24H28N6O3/c1-4-20(31)30-12-11-29(16-24(30,2)3)19-15-27-22-21(28-19)18(14-26-22)23(32)25-10-13-33-17-8-6-5-7-9-17/h4-9,14-15H,1,10-13,16H2,2-3H3,(H,25,32)(H,26,27). The van der Waals surface area contributed by atoms with E-state index in [2.05, 4.69) is 26.8 Å². The van der Waals surface area contributed by atoms with Crippen molar-refractivity contribution in [1.29, 1.82) is 0 Å². The maximum atomic E-state index is 12.8. The number of carbonyl (C=O) groups excluding carboxylic acids is 2. The Morgan fingerprint density at radius 3 is 2.79 bits per heavy atom. The van der Waals surface area contributed by atoms with Crippen molar-refractivity contribution in [2.75, 3.05) is 37.7 Å². The Kier molecular flexibility index (Phi) is 6.30. The SMILES string of the molecule is C=CC(=O)N1CCN(c2cnc3[nH]cc(C(=O)NCCOc4ccccc4)c3n2)CC1(C)C. The summed E-state index contributed by atoms with van der Waals surface area (Å²) in [6.45, 7) is 10.1. The molecule has 3 heterocycles. The Labute approximate surface area is 192 Å². The van der Waals surface area contributed by atoms with E-state index in [0.29, 0.717) is 55.3 Å². The average Bonchev–Trinajstić information content (AvgIpc) is 3.24. The zero-order chi connectivity index (χ0) is 23.4. The molecule has 2 N–H and O–H groups in total. The van der Waals surface area contributed by atoms with E-state index in [9.17, 15) is 9.59 Å². The van der Waals surface area contributed by atoms with Gasteiger partial charge in [-0.25, -0.2) is 9.97 Å². The molecule has 2 aromatic heterocycles. The number of H-pyrrole nitrogens is 1. The van der Waals surface area contributed by atoms with Crippen LogP contribution in [0.1, 0.15) is 24.2 Å². The molecule has 4 rings (SSSR count). The quantitative estimate of drug-likeness (QED) is 0.425. The molecule has 9 heteroatoms. The molecular weight excluding hydrogens is 420 g/mol. The summed E-state index contributed by atoms with van der Waals surface area (Å²) in [6.07, 6.45) is 4.65. The van der Waals surface area contributed by atoms with E-state index in [1.54, 1.807) is 12.4 Å². The second-order valence-corrected chi connectivity index (χ2v) is 8.47. The van der Waals surface area contributed by atoms with Crippen LogP contribution < -0.4 is 15.0 Å². The molecule has 9 nitrogen and oxygen atoms in total. The number of ether oxygens (including phenoxy) is 1. The number of rotatable bonds is 7. The van der Waals surface area contributed by atoms with Gasteiger partial charge >= 0.3 is 0 Å². The van der Waals surface area contributed by atoms with Gasteiger partial charge in [-0.3, -0.25) is 9.59 Å². The number of anilines is 1. The summed E-state index contributed by atoms with van der Waals surface area (Å²) in [4.78, 5) is 41.0. The number of benzene rings is 1. The van der Waals surface area contributed by atoms with Crippen LogP contribution in [0.4, 0.5) is 5.82 Å². The van der Waals surface area contributed by atoms with Crippen molar-refractivity contribution in [3.05, 3.63) is 60.9 Å². The summed E-state index contributed by atoms with van der Waals surface area (Å²) >= 11 is 0. The maximum absolute atomic E-state index is 12.8. The molecule has 1 aliphatic heterocycles. The third-order valence-corrected chi connectivity index (χ3v) is 5.68. The molecule has 0 saturated carbocycles. The van der Waals surface area contributed by atoms with Crippen molar-refractivity contribution in [2.24, 2.45) is 0 Å². The topological polar surface area (TPSA) is 103 Å². The van der Waals surface area contributed by atoms with Crippen LogP contribution in [0.2, 0.25) is 0 Å². The molecule has 0 atom stereocenters. The van der Waals surface area contributed by atoms with Gasteiger partial charge in [-0.2, -0.15) is 0 Å². The Hall–Kier alpha value is -3.88. The van der Waals surface area contributed by atoms with Crippen LogP contribution in [-0.4, -0.2) is 70.0 Å². The number of aromatic nitrogens is 3. The van der Waals surface area contributed by atoms with E-state index in [0.717, 1.165) is 5.75 Å². The lowest BCUT2D eigenvalue weighted by atomic mass is 9.98. The molecule has 1 aromatic carbocycles. The first-order valence-electron chi connectivity index (χ1n) is 10.9. The highest BCUT2D eigenvalue weighted by Crippen LogP contribution is 2.26. The lowest BCUT2D eigenvalue weighted by Crippen LogP contribution is -2.61. The molecule has 0 spiro atoms. The van der Waals surface area contributed by atoms with Crippen LogP contribution in [-0.2, 0) is 4.79 Å². The first-order valence-corrected chi connectivity index (χ1v) is 10.9. The van der Waals surface area contributed by atoms with Gasteiger partial charge in [0.15, 0.2) is 5.65 Å². The van der Waals surface area contributed by atoms with Crippen LogP contribution in [0.5, 0.6) is 5.75 Å². The van der Waals surface area contributed by atoms with E-state index in [1.165, 1.54) is 6.08 Å². The van der Waals surface area contributed by atoms with Gasteiger partial charge in [0, 0.05) is 25.8 Å². The smallest absolute Gasteiger partial charge is 0.255 e. The predicted molar refractivity (Wildman–Crippen MR) is 126 cm³/mol. The van der Waals surface area contributed by atoms with E-state index in [-0.39, 0.29) is 11.8 Å². The fourth-order valence-corrected chi connectivity index (χ4v) is 4.02. The number of amides is 2. The number of para-hydroxylation sites is 1. The fourth-order valence-electron chi connectivity index (χ4n) is 4.02. The Morgan fingerprint density at radius 2 is 2.06 bits per heavy atom. The van der Waals surface area contributed by atoms with Gasteiger partial charge in [0.2, 0.25) is 5.91 Å². The number of hydrogen-bond donors (Lipinski definition) is 2. The number of fused-ring (bicyclic) bond motifs is 1. The highest BCUT2D eigenvalue weighted by Gasteiger charge is 2.36. The van der Waals surface area contributed by atoms with Gasteiger partial charge in [0.1, 0.15) is 23.7 Å². The van der Waals surface area contributed by atoms with Gasteiger partial charge in [-0.1, -0.05) is 24.8 Å². The maximum Gasteiger partial charge on any atom is 0.255 e. The molecule has 0 unspecified atom stereocenters. The number of piperazine rings is 1. The van der Waals surface area contributed by atoms with Crippen LogP contribution in [0.3, 0.4) is 0 Å². The minimum Gasteiger partial charge on any atom is -0.492 e. The van der Waals surface area contributed by atoms with Crippen molar-refractivity contribution >= 4 is 28.8 Å². The van der Waals surface area contributed by atoms with Crippen molar-refractivity contribution < 1.29 is 14.3 Å². The van der Waals surface area contributed by atoms with Crippen LogP contribution in [0.25, 0.3) is 11.2 Å². The molecule has 33 heavy (non-hydrogen) atoms. The second kappa shape index (κ2) is 9.32. The molecule has 2 amide bonds. The van der Waals surface area contributed by atoms with Gasteiger partial charge in [0.05, 0.1) is 23.8 Å². The zero-order valence-electron chi connectivity index (χ0n) is 18.9. The Morgan fingerprint density at radius 1 is 1.27 bits per heavy atom. The molecule has 3 aromatic rings. The summed E-state index contributed by atoms with van der Waals surface area (Å²) < 4.78 is 5.62. The predicted octanol–water partition coefficient (Wildman–Crippen LogP) is 2.38. The highest BCUT2D eigenvalue weighted by atomic mass is 16.5. The van der Waals surface area contributed by atoms with E-state index < -0.39 is 5.54 Å². The highest BCUT2D eigenvalue weighted by molar-refractivity contribution is 6.04. The largest absolute Gasteiger partial charge is 0.492 e. The molecule has 0 bridgehead atoms. The first-order chi connectivity index (χ1) is 15.9. The van der Waals surface area contributed by atoms with Gasteiger partial charge in [0.25, 0.3) is 5.91 Å². The van der Waals surface area contributed by atoms with Crippen LogP contribution in [0.15, 0.2) is 55.4 Å². The number of aromatic amines is 1. The summed E-state index contributed by atoms with van der Waals surface area (Å²) in [5.74, 6) is 1.10. The minimum atomic E-state index is -0.392. The average molecular weight is 449 g/mol. The molecular formula is C24H28N6O3. The second-order valence-electron chi connectivity index (χ2n) is 8.47. The Bertz CT molecular complexity index is 1160.